The third kappa shape index (κ3) is 5.04. The minimum Gasteiger partial charge on any atom is -0.299 e. The van der Waals surface area contributed by atoms with Crippen LogP contribution in [0.2, 0.25) is 5.02 Å². The van der Waals surface area contributed by atoms with Gasteiger partial charge in [0.2, 0.25) is 0 Å². The maximum absolute atomic E-state index is 13.1. The minimum atomic E-state index is -3.82. The second kappa shape index (κ2) is 9.70. The average molecular weight is 505 g/mol. The Balaban J connectivity index is 1.58. The number of halogens is 1. The maximum Gasteiger partial charge on any atom is 0.308 e. The molecule has 0 bridgehead atoms. The molecule has 0 saturated heterocycles. The zero-order valence-electron chi connectivity index (χ0n) is 17.2. The number of thiazole rings is 1. The van der Waals surface area contributed by atoms with Crippen molar-refractivity contribution >= 4 is 60.6 Å². The molecule has 1 N–H and O–H groups in total. The fraction of sp³-hybridized carbons (Fsp3) is 0.174. The molecule has 4 rings (SSSR count). The summed E-state index contributed by atoms with van der Waals surface area (Å²) in [5.74, 6) is 0.681. The molecule has 5 nitrogen and oxygen atoms in total. The van der Waals surface area contributed by atoms with Gasteiger partial charge in [0.25, 0.3) is 10.0 Å². The molecule has 0 aliphatic carbocycles. The molecule has 9 heteroatoms. The average Bonchev–Trinajstić information content (AvgIpc) is 3.09. The summed E-state index contributed by atoms with van der Waals surface area (Å²) in [4.78, 5) is 13.1. The lowest BCUT2D eigenvalue weighted by molar-refractivity contribution is 0.601. The molecule has 0 saturated carbocycles. The number of fused-ring (bicyclic) bond motifs is 1. The number of benzene rings is 3. The second-order valence-corrected chi connectivity index (χ2v) is 11.3. The van der Waals surface area contributed by atoms with Gasteiger partial charge in [0.15, 0.2) is 0 Å². The Kier molecular flexibility index (Phi) is 6.95. The van der Waals surface area contributed by atoms with Gasteiger partial charge < -0.3 is 0 Å². The van der Waals surface area contributed by atoms with Crippen LogP contribution >= 0.6 is 34.7 Å². The van der Waals surface area contributed by atoms with Crippen molar-refractivity contribution in [1.82, 2.24) is 4.57 Å². The summed E-state index contributed by atoms with van der Waals surface area (Å²) in [5, 5.41) is 0.680. The molecule has 0 aliphatic heterocycles. The van der Waals surface area contributed by atoms with E-state index < -0.39 is 10.0 Å². The first kappa shape index (κ1) is 22.9. The number of aromatic nitrogens is 1. The predicted octanol–water partition coefficient (Wildman–Crippen LogP) is 6.22. The number of rotatable bonds is 8. The summed E-state index contributed by atoms with van der Waals surface area (Å²) in [6.07, 6.45) is 0.831. The molecule has 32 heavy (non-hydrogen) atoms. The summed E-state index contributed by atoms with van der Waals surface area (Å²) < 4.78 is 31.3. The molecule has 1 aromatic heterocycles. The molecule has 166 valence electrons. The molecule has 0 aliphatic rings. The molecule has 0 spiro atoms. The standard InChI is InChI=1S/C23H21ClN2O3S3/c1-2-13-26-20-12-11-18(14-22(20)31-23(26)27)32(28,29)25-19-5-3-4-6-21(19)30-15-16-7-9-17(24)10-8-16/h3-12,14,25H,2,13,15H2,1H3. The lowest BCUT2D eigenvalue weighted by Gasteiger charge is -2.13. The van der Waals surface area contributed by atoms with Gasteiger partial charge in [0, 0.05) is 22.2 Å². The van der Waals surface area contributed by atoms with Crippen LogP contribution in [0.4, 0.5) is 5.69 Å². The Labute approximate surface area is 200 Å². The van der Waals surface area contributed by atoms with Gasteiger partial charge in [-0.2, -0.15) is 0 Å². The van der Waals surface area contributed by atoms with Crippen molar-refractivity contribution in [2.24, 2.45) is 0 Å². The van der Waals surface area contributed by atoms with Crippen LogP contribution in [0.15, 0.2) is 81.3 Å². The number of hydrogen-bond acceptors (Lipinski definition) is 5. The molecule has 0 amide bonds. The summed E-state index contributed by atoms with van der Waals surface area (Å²) in [5.41, 5.74) is 2.37. The summed E-state index contributed by atoms with van der Waals surface area (Å²) in [6.45, 7) is 2.61. The van der Waals surface area contributed by atoms with Gasteiger partial charge in [-0.15, -0.1) is 11.8 Å². The molecular formula is C23H21ClN2O3S3. The first-order chi connectivity index (χ1) is 15.4. The number of nitrogens with one attached hydrogen (secondary N) is 1. The van der Waals surface area contributed by atoms with Gasteiger partial charge in [-0.05, 0) is 54.4 Å². The van der Waals surface area contributed by atoms with Crippen molar-refractivity contribution in [2.45, 2.75) is 35.4 Å². The first-order valence-corrected chi connectivity index (χ1v) is 13.7. The van der Waals surface area contributed by atoms with E-state index in [1.54, 1.807) is 46.7 Å². The van der Waals surface area contributed by atoms with Crippen LogP contribution in [0.5, 0.6) is 0 Å². The lowest BCUT2D eigenvalue weighted by atomic mass is 10.2. The van der Waals surface area contributed by atoms with Crippen LogP contribution in [-0.4, -0.2) is 13.0 Å². The van der Waals surface area contributed by atoms with Crippen LogP contribution in [0.3, 0.4) is 0 Å². The van der Waals surface area contributed by atoms with Crippen LogP contribution in [0.1, 0.15) is 18.9 Å². The van der Waals surface area contributed by atoms with Crippen molar-refractivity contribution in [3.05, 3.63) is 87.0 Å². The number of thioether (sulfide) groups is 1. The third-order valence-corrected chi connectivity index (χ3v) is 8.54. The van der Waals surface area contributed by atoms with Gasteiger partial charge in [-0.1, -0.05) is 54.1 Å². The number of sulfonamides is 1. The van der Waals surface area contributed by atoms with E-state index in [1.165, 1.54) is 0 Å². The monoisotopic (exact) mass is 504 g/mol. The number of aryl methyl sites for hydroxylation is 1. The van der Waals surface area contributed by atoms with E-state index in [1.807, 2.05) is 43.3 Å². The van der Waals surface area contributed by atoms with Gasteiger partial charge in [-0.3, -0.25) is 14.1 Å². The third-order valence-electron chi connectivity index (χ3n) is 4.84. The fourth-order valence-electron chi connectivity index (χ4n) is 3.27. The maximum atomic E-state index is 13.1. The van der Waals surface area contributed by atoms with Crippen molar-refractivity contribution in [3.63, 3.8) is 0 Å². The highest BCUT2D eigenvalue weighted by molar-refractivity contribution is 7.98. The zero-order chi connectivity index (χ0) is 22.7. The van der Waals surface area contributed by atoms with Crippen molar-refractivity contribution in [2.75, 3.05) is 4.72 Å². The number of anilines is 1. The molecule has 1 heterocycles. The van der Waals surface area contributed by atoms with Gasteiger partial charge in [0.1, 0.15) is 0 Å². The van der Waals surface area contributed by atoms with Crippen LogP contribution in [0.25, 0.3) is 10.2 Å². The fourth-order valence-corrected chi connectivity index (χ4v) is 6.56. The van der Waals surface area contributed by atoms with Crippen molar-refractivity contribution in [1.29, 1.82) is 0 Å². The number of nitrogens with zero attached hydrogens (tertiary/aromatic N) is 1. The van der Waals surface area contributed by atoms with Gasteiger partial charge in [-0.25, -0.2) is 8.42 Å². The topological polar surface area (TPSA) is 68.2 Å². The van der Waals surface area contributed by atoms with E-state index in [0.717, 1.165) is 33.7 Å². The first-order valence-electron chi connectivity index (χ1n) is 10.00. The second-order valence-electron chi connectivity index (χ2n) is 7.17. The van der Waals surface area contributed by atoms with Crippen LogP contribution in [0, 0.1) is 0 Å². The van der Waals surface area contributed by atoms with Gasteiger partial charge in [0.05, 0.1) is 20.8 Å². The van der Waals surface area contributed by atoms with E-state index >= 15 is 0 Å². The summed E-state index contributed by atoms with van der Waals surface area (Å²) >= 11 is 8.55. The van der Waals surface area contributed by atoms with Crippen molar-refractivity contribution in [3.8, 4) is 0 Å². The quantitative estimate of drug-likeness (QED) is 0.289. The molecular weight excluding hydrogens is 484 g/mol. The predicted molar refractivity (Wildman–Crippen MR) is 135 cm³/mol. The highest BCUT2D eigenvalue weighted by Crippen LogP contribution is 2.32. The molecule has 0 atom stereocenters. The SMILES string of the molecule is CCCn1c(=O)sc2cc(S(=O)(=O)Nc3ccccc3SCc3ccc(Cl)cc3)ccc21. The highest BCUT2D eigenvalue weighted by Gasteiger charge is 2.18. The number of hydrogen-bond donors (Lipinski definition) is 1. The Morgan fingerprint density at radius 1 is 1.06 bits per heavy atom. The molecule has 0 radical (unpaired) electrons. The highest BCUT2D eigenvalue weighted by atomic mass is 35.5. The zero-order valence-corrected chi connectivity index (χ0v) is 20.5. The summed E-state index contributed by atoms with van der Waals surface area (Å²) in [7, 11) is -3.82. The van der Waals surface area contributed by atoms with E-state index in [0.29, 0.717) is 27.7 Å². The molecule has 0 fully saturated rings. The normalized spacial score (nSPS) is 11.7. The molecule has 4 aromatic rings. The number of para-hydroxylation sites is 1. The molecule has 0 unspecified atom stereocenters. The largest absolute Gasteiger partial charge is 0.308 e. The Bertz CT molecular complexity index is 1410. The van der Waals surface area contributed by atoms with Crippen LogP contribution < -0.4 is 9.60 Å². The Morgan fingerprint density at radius 3 is 2.56 bits per heavy atom. The van der Waals surface area contributed by atoms with E-state index in [-0.39, 0.29) is 9.77 Å². The Hall–Kier alpha value is -2.26. The van der Waals surface area contributed by atoms with Crippen molar-refractivity contribution < 1.29 is 8.42 Å². The van der Waals surface area contributed by atoms with E-state index in [2.05, 4.69) is 4.72 Å². The van der Waals surface area contributed by atoms with E-state index in [9.17, 15) is 13.2 Å². The van der Waals surface area contributed by atoms with E-state index in [4.69, 9.17) is 11.6 Å². The Morgan fingerprint density at radius 2 is 1.81 bits per heavy atom. The molecule has 3 aromatic carbocycles. The minimum absolute atomic E-state index is 0.0756. The van der Waals surface area contributed by atoms with Gasteiger partial charge >= 0.3 is 4.87 Å². The summed E-state index contributed by atoms with van der Waals surface area (Å²) in [6, 6.07) is 19.7. The van der Waals surface area contributed by atoms with Crippen LogP contribution in [-0.2, 0) is 22.3 Å². The lowest BCUT2D eigenvalue weighted by Crippen LogP contribution is -2.14. The smallest absolute Gasteiger partial charge is 0.299 e.